The molecule has 0 aromatic carbocycles. The number of rotatable bonds is 2. The van der Waals surface area contributed by atoms with E-state index in [9.17, 15) is 9.59 Å². The number of carbonyl (C=O) groups excluding carboxylic acids is 1. The molecule has 18 heavy (non-hydrogen) atoms. The van der Waals surface area contributed by atoms with Crippen molar-refractivity contribution in [3.8, 4) is 0 Å². The Morgan fingerprint density at radius 3 is 2.44 bits per heavy atom. The average molecular weight is 254 g/mol. The molecule has 2 aliphatic heterocycles. The lowest BCUT2D eigenvalue weighted by atomic mass is 9.94. The van der Waals surface area contributed by atoms with Gasteiger partial charge in [-0.25, -0.2) is 4.79 Å². The third-order valence-corrected chi connectivity index (χ3v) is 4.05. The number of hydrogen-bond acceptors (Lipinski definition) is 2. The van der Waals surface area contributed by atoms with Crippen LogP contribution < -0.4 is 0 Å². The van der Waals surface area contributed by atoms with E-state index in [1.165, 1.54) is 6.42 Å². The second-order valence-corrected chi connectivity index (χ2v) is 5.84. The largest absolute Gasteiger partial charge is 0.481 e. The van der Waals surface area contributed by atoms with Gasteiger partial charge in [-0.15, -0.1) is 0 Å². The molecule has 0 bridgehead atoms. The van der Waals surface area contributed by atoms with E-state index in [-0.39, 0.29) is 18.4 Å². The fourth-order valence-corrected chi connectivity index (χ4v) is 2.84. The standard InChI is InChI=1S/C13H22N2O3/c1-9-3-4-10(2)15(6-9)13(18)14-7-11(8-14)5-12(16)17/h9-11H,3-8H2,1-2H3,(H,16,17). The third-order valence-electron chi connectivity index (χ3n) is 4.05. The molecule has 2 fully saturated rings. The average Bonchev–Trinajstić information content (AvgIpc) is 2.25. The molecule has 2 atom stereocenters. The SMILES string of the molecule is CC1CCC(C)N(C(=O)N2CC(CC(=O)O)C2)C1. The molecule has 0 aliphatic carbocycles. The van der Waals surface area contributed by atoms with Crippen LogP contribution in [0.1, 0.15) is 33.1 Å². The van der Waals surface area contributed by atoms with Crippen LogP contribution in [-0.2, 0) is 4.79 Å². The van der Waals surface area contributed by atoms with Gasteiger partial charge < -0.3 is 14.9 Å². The summed E-state index contributed by atoms with van der Waals surface area (Å²) in [5.41, 5.74) is 0. The number of hydrogen-bond donors (Lipinski definition) is 1. The van der Waals surface area contributed by atoms with Gasteiger partial charge in [0.1, 0.15) is 0 Å². The second-order valence-electron chi connectivity index (χ2n) is 5.84. The highest BCUT2D eigenvalue weighted by Gasteiger charge is 2.37. The number of carbonyl (C=O) groups is 2. The molecular weight excluding hydrogens is 232 g/mol. The van der Waals surface area contributed by atoms with E-state index in [1.54, 1.807) is 4.90 Å². The van der Waals surface area contributed by atoms with Crippen LogP contribution in [0.4, 0.5) is 4.79 Å². The summed E-state index contributed by atoms with van der Waals surface area (Å²) in [6.07, 6.45) is 2.43. The van der Waals surface area contributed by atoms with Gasteiger partial charge in [-0.2, -0.15) is 0 Å². The maximum atomic E-state index is 12.3. The lowest BCUT2D eigenvalue weighted by Crippen LogP contribution is -2.58. The van der Waals surface area contributed by atoms with Crippen molar-refractivity contribution in [3.05, 3.63) is 0 Å². The minimum atomic E-state index is -0.771. The van der Waals surface area contributed by atoms with Gasteiger partial charge >= 0.3 is 12.0 Å². The normalized spacial score (nSPS) is 29.0. The van der Waals surface area contributed by atoms with Gasteiger partial charge in [-0.05, 0) is 25.7 Å². The van der Waals surface area contributed by atoms with Crippen molar-refractivity contribution in [3.63, 3.8) is 0 Å². The van der Waals surface area contributed by atoms with Gasteiger partial charge in [0.15, 0.2) is 0 Å². The van der Waals surface area contributed by atoms with E-state index in [1.807, 2.05) is 4.90 Å². The zero-order valence-electron chi connectivity index (χ0n) is 11.1. The smallest absolute Gasteiger partial charge is 0.320 e. The molecule has 2 rings (SSSR count). The van der Waals surface area contributed by atoms with E-state index in [2.05, 4.69) is 13.8 Å². The van der Waals surface area contributed by atoms with E-state index >= 15 is 0 Å². The molecule has 2 amide bonds. The molecule has 0 saturated carbocycles. The summed E-state index contributed by atoms with van der Waals surface area (Å²) in [5, 5.41) is 8.69. The predicted octanol–water partition coefficient (Wildman–Crippen LogP) is 1.63. The lowest BCUT2D eigenvalue weighted by molar-refractivity contribution is -0.139. The zero-order valence-corrected chi connectivity index (χ0v) is 11.1. The molecule has 2 saturated heterocycles. The molecule has 0 spiro atoms. The molecule has 2 heterocycles. The number of amides is 2. The summed E-state index contributed by atoms with van der Waals surface area (Å²) in [5.74, 6) is -0.0581. The second kappa shape index (κ2) is 5.16. The number of carboxylic acids is 1. The Bertz CT molecular complexity index is 339. The summed E-state index contributed by atoms with van der Waals surface area (Å²) in [6, 6.07) is 0.405. The van der Waals surface area contributed by atoms with Crippen molar-refractivity contribution in [2.75, 3.05) is 19.6 Å². The molecular formula is C13H22N2O3. The highest BCUT2D eigenvalue weighted by atomic mass is 16.4. The van der Waals surface area contributed by atoms with Gasteiger partial charge in [0.25, 0.3) is 0 Å². The maximum absolute atomic E-state index is 12.3. The van der Waals surface area contributed by atoms with Crippen molar-refractivity contribution in [1.82, 2.24) is 9.80 Å². The lowest BCUT2D eigenvalue weighted by Gasteiger charge is -2.45. The van der Waals surface area contributed by atoms with Crippen molar-refractivity contribution in [2.45, 2.75) is 39.2 Å². The highest BCUT2D eigenvalue weighted by molar-refractivity contribution is 5.76. The number of nitrogens with zero attached hydrogens (tertiary/aromatic N) is 2. The summed E-state index contributed by atoms with van der Waals surface area (Å²) >= 11 is 0. The van der Waals surface area contributed by atoms with Gasteiger partial charge in [0, 0.05) is 31.6 Å². The Kier molecular flexibility index (Phi) is 3.78. The van der Waals surface area contributed by atoms with E-state index in [4.69, 9.17) is 5.11 Å². The van der Waals surface area contributed by atoms with Crippen LogP contribution in [0.3, 0.4) is 0 Å². The van der Waals surface area contributed by atoms with E-state index in [0.717, 1.165) is 13.0 Å². The van der Waals surface area contributed by atoms with Gasteiger partial charge in [-0.3, -0.25) is 4.79 Å². The Labute approximate surface area is 108 Å². The quantitative estimate of drug-likeness (QED) is 0.814. The minimum Gasteiger partial charge on any atom is -0.481 e. The van der Waals surface area contributed by atoms with Gasteiger partial charge in [0.05, 0.1) is 6.42 Å². The first-order valence-electron chi connectivity index (χ1n) is 6.74. The summed E-state index contributed by atoms with van der Waals surface area (Å²) < 4.78 is 0. The number of likely N-dealkylation sites (tertiary alicyclic amines) is 2. The van der Waals surface area contributed by atoms with E-state index < -0.39 is 5.97 Å². The fraction of sp³-hybridized carbons (Fsp3) is 0.846. The molecule has 0 radical (unpaired) electrons. The Balaban J connectivity index is 1.83. The van der Waals surface area contributed by atoms with Crippen LogP contribution in [-0.4, -0.2) is 52.6 Å². The molecule has 5 heteroatoms. The van der Waals surface area contributed by atoms with Gasteiger partial charge in [-0.1, -0.05) is 6.92 Å². The van der Waals surface area contributed by atoms with Crippen LogP contribution in [0.2, 0.25) is 0 Å². The molecule has 0 aromatic heterocycles. The molecule has 2 unspecified atom stereocenters. The van der Waals surface area contributed by atoms with Crippen molar-refractivity contribution < 1.29 is 14.7 Å². The monoisotopic (exact) mass is 254 g/mol. The fourth-order valence-electron chi connectivity index (χ4n) is 2.84. The topological polar surface area (TPSA) is 60.9 Å². The van der Waals surface area contributed by atoms with Crippen LogP contribution in [0, 0.1) is 11.8 Å². The van der Waals surface area contributed by atoms with Gasteiger partial charge in [0.2, 0.25) is 0 Å². The predicted molar refractivity (Wildman–Crippen MR) is 67.3 cm³/mol. The summed E-state index contributed by atoms with van der Waals surface area (Å²) in [7, 11) is 0. The third kappa shape index (κ3) is 2.76. The number of carboxylic acid groups (broad SMARTS) is 1. The first kappa shape index (κ1) is 13.2. The van der Waals surface area contributed by atoms with Crippen molar-refractivity contribution in [2.24, 2.45) is 11.8 Å². The molecule has 1 N–H and O–H groups in total. The Morgan fingerprint density at radius 2 is 1.83 bits per heavy atom. The molecule has 0 aromatic rings. The summed E-state index contributed by atoms with van der Waals surface area (Å²) in [4.78, 5) is 26.6. The van der Waals surface area contributed by atoms with Crippen LogP contribution >= 0.6 is 0 Å². The van der Waals surface area contributed by atoms with Crippen LogP contribution in [0.5, 0.6) is 0 Å². The zero-order chi connectivity index (χ0) is 13.3. The van der Waals surface area contributed by atoms with Crippen molar-refractivity contribution >= 4 is 12.0 Å². The Morgan fingerprint density at radius 1 is 1.17 bits per heavy atom. The van der Waals surface area contributed by atoms with E-state index in [0.29, 0.717) is 25.0 Å². The van der Waals surface area contributed by atoms with Crippen molar-refractivity contribution in [1.29, 1.82) is 0 Å². The molecule has 2 aliphatic rings. The number of urea groups is 1. The Hall–Kier alpha value is -1.26. The molecule has 102 valence electrons. The first-order chi connectivity index (χ1) is 8.47. The maximum Gasteiger partial charge on any atom is 0.320 e. The number of aliphatic carboxylic acids is 1. The minimum absolute atomic E-state index is 0.0932. The summed E-state index contributed by atoms with van der Waals surface area (Å²) in [6.45, 7) is 6.30. The van der Waals surface area contributed by atoms with Crippen LogP contribution in [0.25, 0.3) is 0 Å². The number of piperidine rings is 1. The molecule has 5 nitrogen and oxygen atoms in total. The van der Waals surface area contributed by atoms with Crippen LogP contribution in [0.15, 0.2) is 0 Å². The first-order valence-corrected chi connectivity index (χ1v) is 6.74. The highest BCUT2D eigenvalue weighted by Crippen LogP contribution is 2.26.